The van der Waals surface area contributed by atoms with Gasteiger partial charge in [0.1, 0.15) is 6.33 Å². The zero-order valence-electron chi connectivity index (χ0n) is 11.0. The Hall–Kier alpha value is -2.30. The van der Waals surface area contributed by atoms with Crippen molar-refractivity contribution in [3.05, 3.63) is 36.9 Å². The highest BCUT2D eigenvalue weighted by atomic mass is 15.3. The first kappa shape index (κ1) is 11.8. The SMILES string of the molecule is CC(C)Cn1cnnc1-c1cccc2nccnc12. The number of fused-ring (bicyclic) bond motifs is 1. The fraction of sp³-hybridized carbons (Fsp3) is 0.286. The number of hydrogen-bond acceptors (Lipinski definition) is 4. The van der Waals surface area contributed by atoms with Crippen LogP contribution in [0.25, 0.3) is 22.4 Å². The maximum atomic E-state index is 4.41. The molecule has 5 heteroatoms. The minimum atomic E-state index is 0.538. The summed E-state index contributed by atoms with van der Waals surface area (Å²) in [6.07, 6.45) is 5.17. The fourth-order valence-corrected chi connectivity index (χ4v) is 2.16. The molecule has 0 atom stereocenters. The molecule has 19 heavy (non-hydrogen) atoms. The average molecular weight is 253 g/mol. The van der Waals surface area contributed by atoms with E-state index in [0.717, 1.165) is 29.0 Å². The lowest BCUT2D eigenvalue weighted by Gasteiger charge is -2.10. The lowest BCUT2D eigenvalue weighted by atomic mass is 10.1. The van der Waals surface area contributed by atoms with Crippen LogP contribution in [0.4, 0.5) is 0 Å². The Morgan fingerprint density at radius 2 is 2.00 bits per heavy atom. The number of benzene rings is 1. The van der Waals surface area contributed by atoms with E-state index >= 15 is 0 Å². The summed E-state index contributed by atoms with van der Waals surface area (Å²) < 4.78 is 2.06. The van der Waals surface area contributed by atoms with E-state index in [1.807, 2.05) is 18.2 Å². The van der Waals surface area contributed by atoms with Gasteiger partial charge in [0, 0.05) is 24.5 Å². The number of aromatic nitrogens is 5. The first-order chi connectivity index (χ1) is 9.25. The first-order valence-corrected chi connectivity index (χ1v) is 6.33. The molecular formula is C14H15N5. The summed E-state index contributed by atoms with van der Waals surface area (Å²) in [6.45, 7) is 5.23. The van der Waals surface area contributed by atoms with Gasteiger partial charge < -0.3 is 4.57 Å². The first-order valence-electron chi connectivity index (χ1n) is 6.33. The molecule has 2 heterocycles. The lowest BCUT2D eigenvalue weighted by molar-refractivity contribution is 0.525. The molecule has 1 aromatic carbocycles. The summed E-state index contributed by atoms with van der Waals surface area (Å²) in [4.78, 5) is 8.74. The Balaban J connectivity index is 2.17. The predicted molar refractivity (Wildman–Crippen MR) is 73.4 cm³/mol. The van der Waals surface area contributed by atoms with Crippen LogP contribution in [-0.4, -0.2) is 24.7 Å². The summed E-state index contributed by atoms with van der Waals surface area (Å²) in [5, 5.41) is 8.26. The highest BCUT2D eigenvalue weighted by Crippen LogP contribution is 2.24. The van der Waals surface area contributed by atoms with E-state index in [1.165, 1.54) is 0 Å². The van der Waals surface area contributed by atoms with Crippen molar-refractivity contribution in [1.29, 1.82) is 0 Å². The third-order valence-electron chi connectivity index (χ3n) is 2.92. The van der Waals surface area contributed by atoms with Crippen LogP contribution < -0.4 is 0 Å². The summed E-state index contributed by atoms with van der Waals surface area (Å²) >= 11 is 0. The van der Waals surface area contributed by atoms with Gasteiger partial charge in [-0.2, -0.15) is 0 Å². The largest absolute Gasteiger partial charge is 0.313 e. The molecule has 2 aromatic heterocycles. The summed E-state index contributed by atoms with van der Waals surface area (Å²) in [7, 11) is 0. The molecular weight excluding hydrogens is 238 g/mol. The molecule has 0 unspecified atom stereocenters. The summed E-state index contributed by atoms with van der Waals surface area (Å²) in [5.74, 6) is 1.38. The predicted octanol–water partition coefficient (Wildman–Crippen LogP) is 2.54. The third-order valence-corrected chi connectivity index (χ3v) is 2.92. The molecule has 0 saturated heterocycles. The highest BCUT2D eigenvalue weighted by Gasteiger charge is 2.12. The molecule has 3 aromatic rings. The number of hydrogen-bond donors (Lipinski definition) is 0. The van der Waals surface area contributed by atoms with Crippen LogP contribution in [0.2, 0.25) is 0 Å². The molecule has 96 valence electrons. The van der Waals surface area contributed by atoms with Gasteiger partial charge in [0.2, 0.25) is 0 Å². The van der Waals surface area contributed by atoms with E-state index in [1.54, 1.807) is 18.7 Å². The van der Waals surface area contributed by atoms with Crippen molar-refractivity contribution >= 4 is 11.0 Å². The van der Waals surface area contributed by atoms with Gasteiger partial charge in [0.15, 0.2) is 5.82 Å². The number of rotatable bonds is 3. The average Bonchev–Trinajstić information content (AvgIpc) is 2.85. The third kappa shape index (κ3) is 2.19. The van der Waals surface area contributed by atoms with Crippen LogP contribution in [0.15, 0.2) is 36.9 Å². The molecule has 0 fully saturated rings. The molecule has 0 aliphatic rings. The quantitative estimate of drug-likeness (QED) is 0.719. The Morgan fingerprint density at radius 1 is 1.16 bits per heavy atom. The van der Waals surface area contributed by atoms with Gasteiger partial charge in [0.05, 0.1) is 11.0 Å². The Kier molecular flexibility index (Phi) is 2.95. The van der Waals surface area contributed by atoms with Crippen LogP contribution in [0.3, 0.4) is 0 Å². The maximum Gasteiger partial charge on any atom is 0.166 e. The molecule has 0 radical (unpaired) electrons. The van der Waals surface area contributed by atoms with Gasteiger partial charge in [-0.15, -0.1) is 10.2 Å². The van der Waals surface area contributed by atoms with Gasteiger partial charge in [-0.3, -0.25) is 9.97 Å². The maximum absolute atomic E-state index is 4.41. The second kappa shape index (κ2) is 4.76. The fourth-order valence-electron chi connectivity index (χ4n) is 2.16. The molecule has 0 amide bonds. The zero-order chi connectivity index (χ0) is 13.2. The van der Waals surface area contributed by atoms with Gasteiger partial charge in [-0.1, -0.05) is 19.9 Å². The lowest BCUT2D eigenvalue weighted by Crippen LogP contribution is -2.05. The Bertz CT molecular complexity index is 696. The molecule has 5 nitrogen and oxygen atoms in total. The minimum Gasteiger partial charge on any atom is -0.313 e. The Morgan fingerprint density at radius 3 is 2.84 bits per heavy atom. The molecule has 0 aliphatic heterocycles. The van der Waals surface area contributed by atoms with Crippen LogP contribution in [0.5, 0.6) is 0 Å². The van der Waals surface area contributed by atoms with Crippen molar-refractivity contribution in [3.63, 3.8) is 0 Å². The van der Waals surface area contributed by atoms with E-state index < -0.39 is 0 Å². The van der Waals surface area contributed by atoms with Crippen LogP contribution in [0.1, 0.15) is 13.8 Å². The topological polar surface area (TPSA) is 56.5 Å². The van der Waals surface area contributed by atoms with Crippen LogP contribution >= 0.6 is 0 Å². The molecule has 0 aliphatic carbocycles. The van der Waals surface area contributed by atoms with Crippen molar-refractivity contribution in [2.75, 3.05) is 0 Å². The van der Waals surface area contributed by atoms with Gasteiger partial charge in [0.25, 0.3) is 0 Å². The van der Waals surface area contributed by atoms with Gasteiger partial charge >= 0.3 is 0 Å². The molecule has 0 bridgehead atoms. The van der Waals surface area contributed by atoms with Gasteiger partial charge in [-0.05, 0) is 18.1 Å². The highest BCUT2D eigenvalue weighted by molar-refractivity contribution is 5.89. The van der Waals surface area contributed by atoms with Crippen LogP contribution in [-0.2, 0) is 6.54 Å². The van der Waals surface area contributed by atoms with Crippen LogP contribution in [0, 0.1) is 5.92 Å². The number of nitrogens with zero attached hydrogens (tertiary/aromatic N) is 5. The molecule has 0 spiro atoms. The van der Waals surface area contributed by atoms with E-state index in [0.29, 0.717) is 5.92 Å². The second-order valence-electron chi connectivity index (χ2n) is 4.93. The van der Waals surface area contributed by atoms with Crippen molar-refractivity contribution in [2.45, 2.75) is 20.4 Å². The summed E-state index contributed by atoms with van der Waals surface area (Å²) in [5.41, 5.74) is 2.71. The van der Waals surface area contributed by atoms with Crippen molar-refractivity contribution < 1.29 is 0 Å². The van der Waals surface area contributed by atoms with Crippen molar-refractivity contribution in [1.82, 2.24) is 24.7 Å². The molecule has 3 rings (SSSR count). The standard InChI is InChI=1S/C14H15N5/c1-10(2)8-19-9-17-18-14(19)11-4-3-5-12-13(11)16-7-6-15-12/h3-7,9-10H,8H2,1-2H3. The van der Waals surface area contributed by atoms with Crippen molar-refractivity contribution in [2.24, 2.45) is 5.92 Å². The normalized spacial score (nSPS) is 11.3. The molecule has 0 saturated carbocycles. The Labute approximate surface area is 111 Å². The van der Waals surface area contributed by atoms with E-state index in [9.17, 15) is 0 Å². The summed E-state index contributed by atoms with van der Waals surface area (Å²) in [6, 6.07) is 5.94. The van der Waals surface area contributed by atoms with E-state index in [-0.39, 0.29) is 0 Å². The van der Waals surface area contributed by atoms with E-state index in [4.69, 9.17) is 0 Å². The smallest absolute Gasteiger partial charge is 0.166 e. The monoisotopic (exact) mass is 253 g/mol. The number of para-hydroxylation sites is 1. The molecule has 0 N–H and O–H groups in total. The van der Waals surface area contributed by atoms with Gasteiger partial charge in [-0.25, -0.2) is 0 Å². The minimum absolute atomic E-state index is 0.538. The van der Waals surface area contributed by atoms with Crippen molar-refractivity contribution in [3.8, 4) is 11.4 Å². The zero-order valence-corrected chi connectivity index (χ0v) is 11.0. The van der Waals surface area contributed by atoms with E-state index in [2.05, 4.69) is 38.6 Å². The second-order valence-corrected chi connectivity index (χ2v) is 4.93.